The molecule has 2 aromatic rings. The fourth-order valence-electron chi connectivity index (χ4n) is 3.14. The van der Waals surface area contributed by atoms with Gasteiger partial charge in [-0.15, -0.1) is 0 Å². The van der Waals surface area contributed by atoms with E-state index in [9.17, 15) is 25.2 Å². The third kappa shape index (κ3) is 3.36. The summed E-state index contributed by atoms with van der Waals surface area (Å²) in [5.41, 5.74) is 1.58. The van der Waals surface area contributed by atoms with E-state index in [1.807, 2.05) is 19.9 Å². The van der Waals surface area contributed by atoms with Crippen molar-refractivity contribution in [2.75, 3.05) is 7.11 Å². The molecule has 0 bridgehead atoms. The quantitative estimate of drug-likeness (QED) is 0.597. The average Bonchev–Trinajstić information content (AvgIpc) is 2.64. The van der Waals surface area contributed by atoms with Gasteiger partial charge in [0.2, 0.25) is 5.78 Å². The molecule has 1 aliphatic heterocycles. The third-order valence-electron chi connectivity index (χ3n) is 4.63. The molecular weight excluding hydrogens is 364 g/mol. The number of phenols is 3. The Morgan fingerprint density at radius 1 is 1.14 bits per heavy atom. The summed E-state index contributed by atoms with van der Waals surface area (Å²) in [4.78, 5) is 12.8. The molecular formula is C21H22O7. The summed E-state index contributed by atoms with van der Waals surface area (Å²) < 4.78 is 11.0. The maximum absolute atomic E-state index is 12.8. The fraction of sp³-hybridized carbons (Fsp3) is 0.286. The van der Waals surface area contributed by atoms with Gasteiger partial charge in [-0.1, -0.05) is 17.7 Å². The molecule has 3 rings (SSSR count). The minimum absolute atomic E-state index is 0.0299. The zero-order valence-corrected chi connectivity index (χ0v) is 15.8. The lowest BCUT2D eigenvalue weighted by atomic mass is 9.90. The second-order valence-electron chi connectivity index (χ2n) is 6.86. The molecule has 1 heterocycles. The number of phenolic OH excluding ortho intramolecular Hbond substituents is 3. The van der Waals surface area contributed by atoms with Gasteiger partial charge in [-0.2, -0.15) is 0 Å². The van der Waals surface area contributed by atoms with Gasteiger partial charge in [0, 0.05) is 11.6 Å². The lowest BCUT2D eigenvalue weighted by Gasteiger charge is -2.32. The summed E-state index contributed by atoms with van der Waals surface area (Å²) in [6, 6.07) is 5.40. The smallest absolute Gasteiger partial charge is 0.202 e. The molecule has 7 nitrogen and oxygen atoms in total. The van der Waals surface area contributed by atoms with Crippen molar-refractivity contribution < 1.29 is 34.7 Å². The molecule has 2 atom stereocenters. The second kappa shape index (κ2) is 7.44. The molecule has 0 fully saturated rings. The molecule has 2 aromatic carbocycles. The number of hydrogen-bond donors (Lipinski definition) is 4. The van der Waals surface area contributed by atoms with Crippen molar-refractivity contribution in [1.82, 2.24) is 0 Å². The van der Waals surface area contributed by atoms with Gasteiger partial charge in [0.15, 0.2) is 23.7 Å². The number of methoxy groups -OCH3 is 1. The number of Topliss-reactive ketones (excluding diaryl/α,β-unsaturated/α-hetero) is 1. The Kier molecular flexibility index (Phi) is 5.20. The molecule has 7 heteroatoms. The van der Waals surface area contributed by atoms with Crippen LogP contribution in [-0.4, -0.2) is 39.4 Å². The highest BCUT2D eigenvalue weighted by molar-refractivity contribution is 6.06. The first-order valence-electron chi connectivity index (χ1n) is 8.71. The summed E-state index contributed by atoms with van der Waals surface area (Å²) in [5.74, 6) is -1.28. The maximum Gasteiger partial charge on any atom is 0.202 e. The number of fused-ring (bicyclic) bond motifs is 1. The van der Waals surface area contributed by atoms with Crippen molar-refractivity contribution in [2.45, 2.75) is 32.5 Å². The first-order valence-corrected chi connectivity index (χ1v) is 8.71. The van der Waals surface area contributed by atoms with Crippen LogP contribution in [-0.2, 0) is 6.42 Å². The van der Waals surface area contributed by atoms with Crippen LogP contribution in [0.4, 0.5) is 0 Å². The number of ketones is 1. The van der Waals surface area contributed by atoms with E-state index in [2.05, 4.69) is 0 Å². The van der Waals surface area contributed by atoms with Crippen molar-refractivity contribution in [3.8, 4) is 28.7 Å². The van der Waals surface area contributed by atoms with Gasteiger partial charge in [0.05, 0.1) is 7.11 Å². The summed E-state index contributed by atoms with van der Waals surface area (Å²) in [6.45, 7) is 3.79. The Morgan fingerprint density at radius 3 is 2.50 bits per heavy atom. The third-order valence-corrected chi connectivity index (χ3v) is 4.63. The van der Waals surface area contributed by atoms with E-state index in [-0.39, 0.29) is 35.0 Å². The number of benzene rings is 2. The SMILES string of the molecule is COc1cc([C@@H]2Oc3c(CC=C(C)C)c(O)cc(O)c3C(=O)[C@@H]2O)ccc1O. The molecule has 4 N–H and O–H groups in total. The van der Waals surface area contributed by atoms with Crippen LogP contribution in [0.3, 0.4) is 0 Å². The summed E-state index contributed by atoms with van der Waals surface area (Å²) in [7, 11) is 1.38. The lowest BCUT2D eigenvalue weighted by molar-refractivity contribution is 0.0205. The molecule has 0 saturated heterocycles. The molecule has 28 heavy (non-hydrogen) atoms. The maximum atomic E-state index is 12.8. The van der Waals surface area contributed by atoms with Crippen LogP contribution in [0.1, 0.15) is 41.4 Å². The van der Waals surface area contributed by atoms with E-state index in [1.165, 1.54) is 25.3 Å². The number of rotatable bonds is 4. The normalized spacial score (nSPS) is 18.2. The van der Waals surface area contributed by atoms with Crippen LogP contribution in [0.5, 0.6) is 28.7 Å². The molecule has 0 aliphatic carbocycles. The van der Waals surface area contributed by atoms with E-state index in [0.29, 0.717) is 11.1 Å². The molecule has 0 spiro atoms. The number of aromatic hydroxyl groups is 3. The predicted molar refractivity (Wildman–Crippen MR) is 101 cm³/mol. The second-order valence-corrected chi connectivity index (χ2v) is 6.86. The van der Waals surface area contributed by atoms with Gasteiger partial charge in [0.25, 0.3) is 0 Å². The fourth-order valence-corrected chi connectivity index (χ4v) is 3.14. The first-order chi connectivity index (χ1) is 13.2. The molecule has 0 saturated carbocycles. The van der Waals surface area contributed by atoms with Gasteiger partial charge in [0.1, 0.15) is 22.8 Å². The molecule has 148 valence electrons. The van der Waals surface area contributed by atoms with Crippen LogP contribution in [0, 0.1) is 0 Å². The van der Waals surface area contributed by atoms with Gasteiger partial charge in [-0.05, 0) is 38.0 Å². The summed E-state index contributed by atoms with van der Waals surface area (Å²) >= 11 is 0. The highest BCUT2D eigenvalue weighted by Gasteiger charge is 2.40. The zero-order valence-electron chi connectivity index (χ0n) is 15.8. The Hall–Kier alpha value is -3.19. The number of allylic oxidation sites excluding steroid dienone is 2. The molecule has 0 amide bonds. The highest BCUT2D eigenvalue weighted by Crippen LogP contribution is 2.46. The van der Waals surface area contributed by atoms with Crippen molar-refractivity contribution in [3.05, 3.63) is 52.6 Å². The van der Waals surface area contributed by atoms with Gasteiger partial charge in [-0.25, -0.2) is 0 Å². The number of ether oxygens (including phenoxy) is 2. The molecule has 0 radical (unpaired) electrons. The first kappa shape index (κ1) is 19.6. The Balaban J connectivity index is 2.13. The van der Waals surface area contributed by atoms with Crippen LogP contribution in [0.2, 0.25) is 0 Å². The highest BCUT2D eigenvalue weighted by atomic mass is 16.5. The minimum Gasteiger partial charge on any atom is -0.507 e. The van der Waals surface area contributed by atoms with Gasteiger partial charge in [-0.3, -0.25) is 4.79 Å². The standard InChI is InChI=1S/C21H22O7/c1-10(2)4-6-12-14(23)9-15(24)17-18(25)19(26)20(28-21(12)17)11-5-7-13(22)16(8-11)27-3/h4-5,7-9,19-20,22-24,26H,6H2,1-3H3/t19-,20-/m0/s1. The average molecular weight is 386 g/mol. The van der Waals surface area contributed by atoms with Crippen molar-refractivity contribution in [3.63, 3.8) is 0 Å². The van der Waals surface area contributed by atoms with Crippen molar-refractivity contribution in [2.24, 2.45) is 0 Å². The Labute approximate surface area is 162 Å². The zero-order chi connectivity index (χ0) is 20.6. The minimum atomic E-state index is -1.58. The summed E-state index contributed by atoms with van der Waals surface area (Å²) in [6.07, 6.45) is -0.537. The number of hydrogen-bond acceptors (Lipinski definition) is 7. The molecule has 0 aromatic heterocycles. The van der Waals surface area contributed by atoms with E-state index in [1.54, 1.807) is 0 Å². The van der Waals surface area contributed by atoms with Crippen LogP contribution >= 0.6 is 0 Å². The predicted octanol–water partition coefficient (Wildman–Crippen LogP) is 3.00. The number of aliphatic hydroxyl groups is 1. The topological polar surface area (TPSA) is 116 Å². The molecule has 1 aliphatic rings. The largest absolute Gasteiger partial charge is 0.507 e. The van der Waals surface area contributed by atoms with Crippen LogP contribution < -0.4 is 9.47 Å². The van der Waals surface area contributed by atoms with E-state index < -0.39 is 23.7 Å². The van der Waals surface area contributed by atoms with Crippen molar-refractivity contribution >= 4 is 5.78 Å². The van der Waals surface area contributed by atoms with E-state index in [0.717, 1.165) is 11.6 Å². The Bertz CT molecular complexity index is 958. The number of carbonyl (C=O) groups excluding carboxylic acids is 1. The van der Waals surface area contributed by atoms with Gasteiger partial charge < -0.3 is 29.9 Å². The lowest BCUT2D eigenvalue weighted by Crippen LogP contribution is -2.36. The molecule has 0 unspecified atom stereocenters. The van der Waals surface area contributed by atoms with E-state index in [4.69, 9.17) is 9.47 Å². The van der Waals surface area contributed by atoms with Crippen LogP contribution in [0.15, 0.2) is 35.9 Å². The number of carbonyl (C=O) groups is 1. The van der Waals surface area contributed by atoms with Crippen molar-refractivity contribution in [1.29, 1.82) is 0 Å². The monoisotopic (exact) mass is 386 g/mol. The summed E-state index contributed by atoms with van der Waals surface area (Å²) in [5, 5.41) is 40.7. The van der Waals surface area contributed by atoms with E-state index >= 15 is 0 Å². The van der Waals surface area contributed by atoms with Crippen LogP contribution in [0.25, 0.3) is 0 Å². The Morgan fingerprint density at radius 2 is 1.86 bits per heavy atom. The van der Waals surface area contributed by atoms with Gasteiger partial charge >= 0.3 is 0 Å². The number of aliphatic hydroxyl groups excluding tert-OH is 1.